The van der Waals surface area contributed by atoms with Gasteiger partial charge in [-0.2, -0.15) is 0 Å². The topological polar surface area (TPSA) is 44.8 Å². The zero-order chi connectivity index (χ0) is 12.8. The van der Waals surface area contributed by atoms with Gasteiger partial charge < -0.3 is 14.2 Å². The highest BCUT2D eigenvalue weighted by atomic mass is 16.5. The molecule has 4 nitrogen and oxygen atoms in total. The fraction of sp³-hybridized carbons (Fsp3) is 0.462. The molecule has 0 unspecified atom stereocenters. The van der Waals surface area contributed by atoms with Crippen LogP contribution < -0.4 is 14.2 Å². The molecule has 0 aliphatic rings. The minimum atomic E-state index is -0.243. The van der Waals surface area contributed by atoms with Crippen molar-refractivity contribution in [3.05, 3.63) is 18.2 Å². The molecular formula is C13H18O4. The third-order valence-electron chi connectivity index (χ3n) is 2.16. The van der Waals surface area contributed by atoms with Crippen molar-refractivity contribution < 1.29 is 19.0 Å². The molecule has 94 valence electrons. The molecule has 0 N–H and O–H groups in total. The molecule has 0 saturated heterocycles. The summed E-state index contributed by atoms with van der Waals surface area (Å²) in [6.07, 6.45) is 0.397. The Hall–Kier alpha value is -1.71. The van der Waals surface area contributed by atoms with Crippen molar-refractivity contribution in [2.75, 3.05) is 14.2 Å². The van der Waals surface area contributed by atoms with Gasteiger partial charge in [0.1, 0.15) is 5.75 Å². The number of ether oxygens (including phenoxy) is 3. The molecule has 0 atom stereocenters. The maximum atomic E-state index is 11.5. The van der Waals surface area contributed by atoms with Crippen LogP contribution in [-0.4, -0.2) is 20.2 Å². The number of hydrogen-bond donors (Lipinski definition) is 0. The molecule has 0 amide bonds. The Bertz CT molecular complexity index is 385. The van der Waals surface area contributed by atoms with E-state index in [0.717, 1.165) is 0 Å². The molecule has 0 aromatic heterocycles. The Kier molecular flexibility index (Phi) is 4.82. The molecule has 0 saturated carbocycles. The number of carbonyl (C=O) groups is 1. The molecule has 1 aromatic rings. The van der Waals surface area contributed by atoms with Gasteiger partial charge in [0.2, 0.25) is 0 Å². The summed E-state index contributed by atoms with van der Waals surface area (Å²) in [5.74, 6) is 1.65. The first kappa shape index (κ1) is 13.4. The Morgan fingerprint density at radius 1 is 1.18 bits per heavy atom. The quantitative estimate of drug-likeness (QED) is 0.584. The Labute approximate surface area is 101 Å². The van der Waals surface area contributed by atoms with Crippen LogP contribution in [0.15, 0.2) is 18.2 Å². The lowest BCUT2D eigenvalue weighted by Gasteiger charge is -2.10. The van der Waals surface area contributed by atoms with Crippen LogP contribution >= 0.6 is 0 Å². The van der Waals surface area contributed by atoms with Crippen LogP contribution in [0.5, 0.6) is 17.2 Å². The first-order chi connectivity index (χ1) is 8.06. The number of esters is 1. The van der Waals surface area contributed by atoms with E-state index in [9.17, 15) is 4.79 Å². The van der Waals surface area contributed by atoms with Crippen molar-refractivity contribution in [1.29, 1.82) is 0 Å². The molecular weight excluding hydrogens is 220 g/mol. The average Bonchev–Trinajstić information content (AvgIpc) is 2.27. The van der Waals surface area contributed by atoms with Crippen molar-refractivity contribution in [2.24, 2.45) is 5.92 Å². The fourth-order valence-corrected chi connectivity index (χ4v) is 1.39. The monoisotopic (exact) mass is 238 g/mol. The van der Waals surface area contributed by atoms with Gasteiger partial charge >= 0.3 is 5.97 Å². The maximum Gasteiger partial charge on any atom is 0.311 e. The molecule has 17 heavy (non-hydrogen) atoms. The van der Waals surface area contributed by atoms with E-state index in [1.165, 1.54) is 7.11 Å². The fourth-order valence-electron chi connectivity index (χ4n) is 1.39. The summed E-state index contributed by atoms with van der Waals surface area (Å²) in [7, 11) is 3.10. The first-order valence-electron chi connectivity index (χ1n) is 5.49. The van der Waals surface area contributed by atoms with Crippen molar-refractivity contribution in [3.8, 4) is 17.2 Å². The van der Waals surface area contributed by atoms with Gasteiger partial charge in [0.25, 0.3) is 0 Å². The summed E-state index contributed by atoms with van der Waals surface area (Å²) in [5, 5.41) is 0. The first-order valence-corrected chi connectivity index (χ1v) is 5.49. The van der Waals surface area contributed by atoms with Gasteiger partial charge in [-0.05, 0) is 18.1 Å². The number of hydrogen-bond acceptors (Lipinski definition) is 4. The Morgan fingerprint density at radius 2 is 1.82 bits per heavy atom. The molecule has 1 rings (SSSR count). The predicted octanol–water partition coefficient (Wildman–Crippen LogP) is 2.66. The summed E-state index contributed by atoms with van der Waals surface area (Å²) >= 11 is 0. The van der Waals surface area contributed by atoms with E-state index in [1.807, 2.05) is 13.8 Å². The summed E-state index contributed by atoms with van der Waals surface area (Å²) in [5.41, 5.74) is 0. The SMILES string of the molecule is COc1ccc(OC(=O)CC(C)C)cc1OC. The maximum absolute atomic E-state index is 11.5. The molecule has 0 radical (unpaired) electrons. The van der Waals surface area contributed by atoms with Gasteiger partial charge in [-0.3, -0.25) is 4.79 Å². The van der Waals surface area contributed by atoms with Crippen LogP contribution in [0.3, 0.4) is 0 Å². The van der Waals surface area contributed by atoms with Crippen molar-refractivity contribution in [1.82, 2.24) is 0 Å². The van der Waals surface area contributed by atoms with Crippen LogP contribution in [0.2, 0.25) is 0 Å². The summed E-state index contributed by atoms with van der Waals surface area (Å²) in [4.78, 5) is 11.5. The lowest BCUT2D eigenvalue weighted by Crippen LogP contribution is -2.10. The second kappa shape index (κ2) is 6.13. The highest BCUT2D eigenvalue weighted by molar-refractivity contribution is 5.72. The normalized spacial score (nSPS) is 10.2. The van der Waals surface area contributed by atoms with Gasteiger partial charge in [-0.15, -0.1) is 0 Å². The van der Waals surface area contributed by atoms with E-state index in [-0.39, 0.29) is 11.9 Å². The van der Waals surface area contributed by atoms with Gasteiger partial charge in [0.05, 0.1) is 14.2 Å². The second-order valence-electron chi connectivity index (χ2n) is 4.09. The van der Waals surface area contributed by atoms with Crippen LogP contribution in [-0.2, 0) is 4.79 Å². The lowest BCUT2D eigenvalue weighted by atomic mass is 10.1. The van der Waals surface area contributed by atoms with Gasteiger partial charge in [0, 0.05) is 12.5 Å². The van der Waals surface area contributed by atoms with E-state index in [4.69, 9.17) is 14.2 Å². The van der Waals surface area contributed by atoms with Crippen LogP contribution in [0.25, 0.3) is 0 Å². The molecule has 0 aliphatic carbocycles. The Morgan fingerprint density at radius 3 is 2.35 bits per heavy atom. The molecule has 0 aliphatic heterocycles. The van der Waals surface area contributed by atoms with Crippen LogP contribution in [0.4, 0.5) is 0 Å². The molecule has 1 aromatic carbocycles. The molecule has 0 bridgehead atoms. The molecule has 0 heterocycles. The molecule has 4 heteroatoms. The summed E-state index contributed by atoms with van der Waals surface area (Å²) < 4.78 is 15.4. The second-order valence-corrected chi connectivity index (χ2v) is 4.09. The standard InChI is InChI=1S/C13H18O4/c1-9(2)7-13(14)17-10-5-6-11(15-3)12(8-10)16-4/h5-6,8-9H,7H2,1-4H3. The lowest BCUT2D eigenvalue weighted by molar-refractivity contribution is -0.135. The van der Waals surface area contributed by atoms with Gasteiger partial charge in [0.15, 0.2) is 11.5 Å². The van der Waals surface area contributed by atoms with E-state index in [1.54, 1.807) is 25.3 Å². The van der Waals surface area contributed by atoms with Crippen LogP contribution in [0, 0.1) is 5.92 Å². The zero-order valence-electron chi connectivity index (χ0n) is 10.6. The molecule has 0 spiro atoms. The number of benzene rings is 1. The average molecular weight is 238 g/mol. The third-order valence-corrected chi connectivity index (χ3v) is 2.16. The number of rotatable bonds is 5. The van der Waals surface area contributed by atoms with E-state index >= 15 is 0 Å². The van der Waals surface area contributed by atoms with E-state index in [0.29, 0.717) is 23.7 Å². The van der Waals surface area contributed by atoms with Crippen LogP contribution in [0.1, 0.15) is 20.3 Å². The number of methoxy groups -OCH3 is 2. The smallest absolute Gasteiger partial charge is 0.311 e. The zero-order valence-corrected chi connectivity index (χ0v) is 10.6. The largest absolute Gasteiger partial charge is 0.493 e. The minimum absolute atomic E-state index is 0.243. The summed E-state index contributed by atoms with van der Waals surface area (Å²) in [6, 6.07) is 5.02. The van der Waals surface area contributed by atoms with Gasteiger partial charge in [-0.1, -0.05) is 13.8 Å². The third kappa shape index (κ3) is 3.98. The minimum Gasteiger partial charge on any atom is -0.493 e. The van der Waals surface area contributed by atoms with Crippen molar-refractivity contribution >= 4 is 5.97 Å². The summed E-state index contributed by atoms with van der Waals surface area (Å²) in [6.45, 7) is 3.94. The highest BCUT2D eigenvalue weighted by Gasteiger charge is 2.10. The number of carbonyl (C=O) groups excluding carboxylic acids is 1. The van der Waals surface area contributed by atoms with E-state index < -0.39 is 0 Å². The van der Waals surface area contributed by atoms with E-state index in [2.05, 4.69) is 0 Å². The molecule has 0 fully saturated rings. The van der Waals surface area contributed by atoms with Gasteiger partial charge in [-0.25, -0.2) is 0 Å². The highest BCUT2D eigenvalue weighted by Crippen LogP contribution is 2.31. The Balaban J connectivity index is 2.75. The van der Waals surface area contributed by atoms with Crippen molar-refractivity contribution in [2.45, 2.75) is 20.3 Å². The predicted molar refractivity (Wildman–Crippen MR) is 64.6 cm³/mol. The van der Waals surface area contributed by atoms with Crippen molar-refractivity contribution in [3.63, 3.8) is 0 Å².